The Morgan fingerprint density at radius 3 is 2.73 bits per heavy atom. The number of nitrogens with zero attached hydrogens (tertiary/aromatic N) is 3. The van der Waals surface area contributed by atoms with E-state index in [1.54, 1.807) is 28.1 Å². The first-order valence-corrected chi connectivity index (χ1v) is 10.5. The van der Waals surface area contributed by atoms with Crippen molar-refractivity contribution in [3.8, 4) is 0 Å². The van der Waals surface area contributed by atoms with E-state index in [1.807, 2.05) is 0 Å². The first-order chi connectivity index (χ1) is 11.9. The van der Waals surface area contributed by atoms with Crippen molar-refractivity contribution in [2.75, 3.05) is 73.0 Å². The Balaban J connectivity index is 0.00000625. The Hall–Kier alpha value is -0.170. The Kier molecular flexibility index (Phi) is 13.8. The topological polar surface area (TPSA) is 83.5 Å². The van der Waals surface area contributed by atoms with Gasteiger partial charge in [-0.25, -0.2) is 12.7 Å². The molecule has 1 atom stereocenters. The van der Waals surface area contributed by atoms with Crippen molar-refractivity contribution in [3.05, 3.63) is 0 Å². The Morgan fingerprint density at radius 1 is 1.38 bits per heavy atom. The largest absolute Gasteiger partial charge is 0.382 e. The third kappa shape index (κ3) is 9.16. The molecule has 0 bridgehead atoms. The van der Waals surface area contributed by atoms with E-state index in [4.69, 9.17) is 9.47 Å². The van der Waals surface area contributed by atoms with Crippen LogP contribution in [0.4, 0.5) is 0 Å². The molecule has 0 amide bonds. The molecule has 0 aliphatic carbocycles. The number of aliphatic imine (C=N–C) groups is 1. The molecule has 1 saturated heterocycles. The van der Waals surface area contributed by atoms with Gasteiger partial charge in [-0.1, -0.05) is 0 Å². The van der Waals surface area contributed by atoms with Gasteiger partial charge in [0.25, 0.3) is 0 Å². The van der Waals surface area contributed by atoms with Gasteiger partial charge < -0.3 is 19.7 Å². The number of halogens is 1. The number of guanidine groups is 1. The third-order valence-corrected chi connectivity index (χ3v) is 6.22. The molecule has 1 fully saturated rings. The Bertz CT molecular complexity index is 504. The number of likely N-dealkylation sites (tertiary alicyclic amines) is 1. The van der Waals surface area contributed by atoms with Crippen molar-refractivity contribution >= 4 is 40.0 Å². The van der Waals surface area contributed by atoms with Gasteiger partial charge in [0.2, 0.25) is 10.0 Å². The SMILES string of the molecule is CCS(=O)(=O)N(C)CCCNC(=NC)N1CCC(COCCOC)C1.I. The van der Waals surface area contributed by atoms with Gasteiger partial charge in [-0.3, -0.25) is 4.99 Å². The van der Waals surface area contributed by atoms with Crippen LogP contribution < -0.4 is 5.32 Å². The highest BCUT2D eigenvalue weighted by Crippen LogP contribution is 2.16. The number of hydrogen-bond acceptors (Lipinski definition) is 5. The van der Waals surface area contributed by atoms with Gasteiger partial charge in [-0.05, 0) is 19.8 Å². The maximum absolute atomic E-state index is 11.7. The molecular weight excluding hydrogens is 471 g/mol. The van der Waals surface area contributed by atoms with Gasteiger partial charge in [0, 0.05) is 53.3 Å². The van der Waals surface area contributed by atoms with E-state index in [1.165, 1.54) is 4.31 Å². The molecule has 0 radical (unpaired) electrons. The fourth-order valence-electron chi connectivity index (χ4n) is 2.75. The summed E-state index contributed by atoms with van der Waals surface area (Å²) in [5.41, 5.74) is 0. The van der Waals surface area contributed by atoms with Crippen LogP contribution in [0.3, 0.4) is 0 Å². The Labute approximate surface area is 175 Å². The van der Waals surface area contributed by atoms with Gasteiger partial charge in [-0.2, -0.15) is 0 Å². The summed E-state index contributed by atoms with van der Waals surface area (Å²) in [6.07, 6.45) is 1.83. The van der Waals surface area contributed by atoms with E-state index in [9.17, 15) is 8.42 Å². The number of methoxy groups -OCH3 is 1. The van der Waals surface area contributed by atoms with E-state index in [-0.39, 0.29) is 29.7 Å². The van der Waals surface area contributed by atoms with Crippen molar-refractivity contribution < 1.29 is 17.9 Å². The quantitative estimate of drug-likeness (QED) is 0.194. The van der Waals surface area contributed by atoms with Gasteiger partial charge in [-0.15, -0.1) is 24.0 Å². The van der Waals surface area contributed by atoms with Crippen LogP contribution in [0.2, 0.25) is 0 Å². The van der Waals surface area contributed by atoms with Gasteiger partial charge in [0.05, 0.1) is 25.6 Å². The predicted molar refractivity (Wildman–Crippen MR) is 116 cm³/mol. The lowest BCUT2D eigenvalue weighted by molar-refractivity contribution is 0.0536. The molecule has 0 saturated carbocycles. The first-order valence-electron chi connectivity index (χ1n) is 8.90. The summed E-state index contributed by atoms with van der Waals surface area (Å²) >= 11 is 0. The maximum atomic E-state index is 11.7. The van der Waals surface area contributed by atoms with Crippen LogP contribution in [-0.4, -0.2) is 96.5 Å². The number of rotatable bonds is 11. The fourth-order valence-corrected chi connectivity index (χ4v) is 3.60. The van der Waals surface area contributed by atoms with Crippen LogP contribution in [-0.2, 0) is 19.5 Å². The van der Waals surface area contributed by atoms with Crippen LogP contribution in [0.5, 0.6) is 0 Å². The second-order valence-electron chi connectivity index (χ2n) is 6.22. The van der Waals surface area contributed by atoms with Crippen LogP contribution in [0, 0.1) is 5.92 Å². The average Bonchev–Trinajstić information content (AvgIpc) is 3.07. The second kappa shape index (κ2) is 13.9. The molecule has 10 heteroatoms. The van der Waals surface area contributed by atoms with Crippen LogP contribution in [0.15, 0.2) is 4.99 Å². The van der Waals surface area contributed by atoms with E-state index in [0.717, 1.165) is 38.5 Å². The molecule has 8 nitrogen and oxygen atoms in total. The van der Waals surface area contributed by atoms with Gasteiger partial charge in [0.15, 0.2) is 5.96 Å². The highest BCUT2D eigenvalue weighted by molar-refractivity contribution is 14.0. The predicted octanol–water partition coefficient (Wildman–Crippen LogP) is 0.836. The summed E-state index contributed by atoms with van der Waals surface area (Å²) < 4.78 is 35.4. The number of ether oxygens (including phenoxy) is 2. The van der Waals surface area contributed by atoms with Crippen LogP contribution in [0.1, 0.15) is 19.8 Å². The fraction of sp³-hybridized carbons (Fsp3) is 0.938. The summed E-state index contributed by atoms with van der Waals surface area (Å²) in [6, 6.07) is 0. The highest BCUT2D eigenvalue weighted by Gasteiger charge is 2.24. The summed E-state index contributed by atoms with van der Waals surface area (Å²) in [5.74, 6) is 1.52. The zero-order chi connectivity index (χ0) is 18.7. The number of hydrogen-bond donors (Lipinski definition) is 1. The minimum atomic E-state index is -3.10. The van der Waals surface area contributed by atoms with Crippen molar-refractivity contribution in [2.45, 2.75) is 19.8 Å². The molecule has 1 N–H and O–H groups in total. The third-order valence-electron chi connectivity index (χ3n) is 4.36. The molecule has 26 heavy (non-hydrogen) atoms. The highest BCUT2D eigenvalue weighted by atomic mass is 127. The molecule has 1 unspecified atom stereocenters. The molecule has 0 aromatic rings. The lowest BCUT2D eigenvalue weighted by atomic mass is 10.1. The minimum Gasteiger partial charge on any atom is -0.382 e. The maximum Gasteiger partial charge on any atom is 0.213 e. The molecule has 1 heterocycles. The smallest absolute Gasteiger partial charge is 0.213 e. The molecule has 1 aliphatic heterocycles. The van der Waals surface area contributed by atoms with E-state index < -0.39 is 10.0 Å². The van der Waals surface area contributed by atoms with Gasteiger partial charge in [0.1, 0.15) is 0 Å². The average molecular weight is 506 g/mol. The van der Waals surface area contributed by atoms with Crippen LogP contribution in [0.25, 0.3) is 0 Å². The minimum absolute atomic E-state index is 0. The number of nitrogens with one attached hydrogen (secondary N) is 1. The molecule has 0 aromatic heterocycles. The molecule has 1 rings (SSSR count). The monoisotopic (exact) mass is 506 g/mol. The van der Waals surface area contributed by atoms with E-state index in [2.05, 4.69) is 15.2 Å². The summed E-state index contributed by atoms with van der Waals surface area (Å²) in [5, 5.41) is 3.33. The second-order valence-corrected chi connectivity index (χ2v) is 8.58. The van der Waals surface area contributed by atoms with Crippen molar-refractivity contribution in [1.82, 2.24) is 14.5 Å². The Morgan fingerprint density at radius 2 is 2.12 bits per heavy atom. The van der Waals surface area contributed by atoms with Crippen molar-refractivity contribution in [3.63, 3.8) is 0 Å². The van der Waals surface area contributed by atoms with E-state index in [0.29, 0.717) is 32.2 Å². The molecule has 1 aliphatic rings. The molecular formula is C16H35IN4O4S. The summed E-state index contributed by atoms with van der Waals surface area (Å²) in [4.78, 5) is 6.57. The van der Waals surface area contributed by atoms with Crippen LogP contribution >= 0.6 is 24.0 Å². The van der Waals surface area contributed by atoms with Crippen molar-refractivity contribution in [2.24, 2.45) is 10.9 Å². The molecule has 0 spiro atoms. The summed E-state index contributed by atoms with van der Waals surface area (Å²) in [7, 11) is 1.98. The zero-order valence-electron chi connectivity index (χ0n) is 16.4. The standard InChI is InChI=1S/C16H34N4O4S.HI/c1-5-25(21,22)19(3)9-6-8-18-16(17-2)20-10-7-15(13-20)14-24-12-11-23-4;/h15H,5-14H2,1-4H3,(H,17,18);1H. The number of sulfonamides is 1. The lowest BCUT2D eigenvalue weighted by Gasteiger charge is -2.22. The lowest BCUT2D eigenvalue weighted by Crippen LogP contribution is -2.41. The van der Waals surface area contributed by atoms with Crippen molar-refractivity contribution in [1.29, 1.82) is 0 Å². The zero-order valence-corrected chi connectivity index (χ0v) is 19.6. The first kappa shape index (κ1) is 25.8. The molecule has 0 aromatic carbocycles. The summed E-state index contributed by atoms with van der Waals surface area (Å²) in [6.45, 7) is 6.76. The van der Waals surface area contributed by atoms with Gasteiger partial charge >= 0.3 is 0 Å². The van der Waals surface area contributed by atoms with E-state index >= 15 is 0 Å². The normalized spacial score (nSPS) is 18.3. The molecule has 156 valence electrons.